The highest BCUT2D eigenvalue weighted by Gasteiger charge is 2.12. The van der Waals surface area contributed by atoms with Gasteiger partial charge in [-0.25, -0.2) is 4.39 Å². The van der Waals surface area contributed by atoms with Gasteiger partial charge in [0.25, 0.3) is 5.91 Å². The number of nitrogens with one attached hydrogen (secondary N) is 2. The largest absolute Gasteiger partial charge is 0.378 e. The molecule has 2 aromatic rings. The van der Waals surface area contributed by atoms with E-state index in [2.05, 4.69) is 10.6 Å². The van der Waals surface area contributed by atoms with Gasteiger partial charge in [0.15, 0.2) is 0 Å². The van der Waals surface area contributed by atoms with Gasteiger partial charge in [-0.05, 0) is 49.2 Å². The maximum absolute atomic E-state index is 13.0. The number of hydrogen-bond donors (Lipinski definition) is 2. The van der Waals surface area contributed by atoms with Crippen LogP contribution in [-0.2, 0) is 0 Å². The second kappa shape index (κ2) is 6.39. The molecule has 1 unspecified atom stereocenters. The van der Waals surface area contributed by atoms with Crippen LogP contribution in [0, 0.1) is 12.7 Å². The predicted octanol–water partition coefficient (Wildman–Crippen LogP) is 3.67. The van der Waals surface area contributed by atoms with Crippen LogP contribution in [-0.4, -0.2) is 13.0 Å². The second-order valence-electron chi connectivity index (χ2n) is 4.97. The van der Waals surface area contributed by atoms with E-state index in [1.54, 1.807) is 25.2 Å². The van der Waals surface area contributed by atoms with Gasteiger partial charge < -0.3 is 10.6 Å². The summed E-state index contributed by atoms with van der Waals surface area (Å²) in [4.78, 5) is 11.8. The summed E-state index contributed by atoms with van der Waals surface area (Å²) in [5, 5.41) is 5.99. The third kappa shape index (κ3) is 3.40. The third-order valence-electron chi connectivity index (χ3n) is 3.55. The summed E-state index contributed by atoms with van der Waals surface area (Å²) >= 11 is 0. The topological polar surface area (TPSA) is 41.1 Å². The zero-order valence-electron chi connectivity index (χ0n) is 12.4. The van der Waals surface area contributed by atoms with E-state index in [-0.39, 0.29) is 17.8 Å². The lowest BCUT2D eigenvalue weighted by Crippen LogP contribution is -2.19. The van der Waals surface area contributed by atoms with E-state index in [4.69, 9.17) is 0 Å². The van der Waals surface area contributed by atoms with Crippen LogP contribution in [0.15, 0.2) is 42.5 Å². The summed E-state index contributed by atoms with van der Waals surface area (Å²) in [5.74, 6) is -0.352. The molecule has 0 heterocycles. The molecule has 0 radical (unpaired) electrons. The van der Waals surface area contributed by atoms with Crippen LogP contribution in [0.5, 0.6) is 0 Å². The molecule has 2 N–H and O–H groups in total. The first-order valence-electron chi connectivity index (χ1n) is 6.86. The van der Waals surface area contributed by atoms with Crippen molar-refractivity contribution < 1.29 is 9.18 Å². The Kier molecular flexibility index (Phi) is 4.58. The Balaban J connectivity index is 2.23. The molecule has 1 atom stereocenters. The molecular formula is C17H19FN2O. The van der Waals surface area contributed by atoms with Gasteiger partial charge in [-0.3, -0.25) is 4.79 Å². The fourth-order valence-corrected chi connectivity index (χ4v) is 2.24. The molecule has 0 aliphatic rings. The van der Waals surface area contributed by atoms with E-state index in [0.717, 1.165) is 16.8 Å². The molecule has 2 rings (SSSR count). The summed E-state index contributed by atoms with van der Waals surface area (Å²) in [6.07, 6.45) is 0. The Morgan fingerprint density at radius 2 is 1.81 bits per heavy atom. The first-order chi connectivity index (χ1) is 10.0. The van der Waals surface area contributed by atoms with E-state index in [9.17, 15) is 9.18 Å². The van der Waals surface area contributed by atoms with Crippen LogP contribution in [0.3, 0.4) is 0 Å². The Morgan fingerprint density at radius 3 is 2.43 bits per heavy atom. The number of benzene rings is 2. The molecule has 0 aliphatic carbocycles. The van der Waals surface area contributed by atoms with Crippen LogP contribution < -0.4 is 10.6 Å². The van der Waals surface area contributed by atoms with Gasteiger partial charge in [-0.15, -0.1) is 0 Å². The summed E-state index contributed by atoms with van der Waals surface area (Å²) in [7, 11) is 1.61. The highest BCUT2D eigenvalue weighted by atomic mass is 19.1. The van der Waals surface area contributed by atoms with Crippen LogP contribution >= 0.6 is 0 Å². The van der Waals surface area contributed by atoms with Crippen molar-refractivity contribution in [1.29, 1.82) is 0 Å². The van der Waals surface area contributed by atoms with Gasteiger partial charge in [-0.2, -0.15) is 0 Å². The molecule has 21 heavy (non-hydrogen) atoms. The molecule has 0 bridgehead atoms. The Bertz CT molecular complexity index is 638. The monoisotopic (exact) mass is 286 g/mol. The van der Waals surface area contributed by atoms with Crippen LogP contribution in [0.1, 0.15) is 34.5 Å². The lowest BCUT2D eigenvalue weighted by Gasteiger charge is -2.18. The zero-order chi connectivity index (χ0) is 15.4. The summed E-state index contributed by atoms with van der Waals surface area (Å²) in [6, 6.07) is 12.0. The first kappa shape index (κ1) is 15.0. The van der Waals surface area contributed by atoms with E-state index in [1.807, 2.05) is 26.0 Å². The summed E-state index contributed by atoms with van der Waals surface area (Å²) in [6.45, 7) is 3.91. The lowest BCUT2D eigenvalue weighted by atomic mass is 10.0. The highest BCUT2D eigenvalue weighted by Crippen LogP contribution is 2.24. The zero-order valence-corrected chi connectivity index (χ0v) is 12.4. The number of hydrogen-bond acceptors (Lipinski definition) is 2. The maximum atomic E-state index is 13.0. The molecule has 0 spiro atoms. The molecule has 2 aromatic carbocycles. The van der Waals surface area contributed by atoms with Crippen LogP contribution in [0.25, 0.3) is 0 Å². The van der Waals surface area contributed by atoms with Crippen molar-refractivity contribution in [2.45, 2.75) is 19.9 Å². The number of rotatable bonds is 4. The average Bonchev–Trinajstić information content (AvgIpc) is 2.49. The van der Waals surface area contributed by atoms with Crippen molar-refractivity contribution in [3.8, 4) is 0 Å². The standard InChI is InChI=1S/C17H19FN2O/c1-11-15(17(21)19-3)5-4-6-16(11)20-12(2)13-7-9-14(18)10-8-13/h4-10,12,20H,1-3H3,(H,19,21). The summed E-state index contributed by atoms with van der Waals surface area (Å²) < 4.78 is 13.0. The minimum atomic E-state index is -0.247. The number of carbonyl (C=O) groups excluding carboxylic acids is 1. The second-order valence-corrected chi connectivity index (χ2v) is 4.97. The molecule has 0 aromatic heterocycles. The molecule has 4 heteroatoms. The summed E-state index contributed by atoms with van der Waals surface area (Å²) in [5.41, 5.74) is 3.42. The van der Waals surface area contributed by atoms with Gasteiger partial charge >= 0.3 is 0 Å². The minimum absolute atomic E-state index is 0.0178. The fraction of sp³-hybridized carbons (Fsp3) is 0.235. The molecule has 0 fully saturated rings. The number of anilines is 1. The Hall–Kier alpha value is -2.36. The van der Waals surface area contributed by atoms with Gasteiger partial charge in [0.2, 0.25) is 0 Å². The molecule has 0 saturated carbocycles. The Morgan fingerprint density at radius 1 is 1.14 bits per heavy atom. The smallest absolute Gasteiger partial charge is 0.251 e. The minimum Gasteiger partial charge on any atom is -0.378 e. The van der Waals surface area contributed by atoms with Crippen molar-refractivity contribution in [2.24, 2.45) is 0 Å². The maximum Gasteiger partial charge on any atom is 0.251 e. The van der Waals surface area contributed by atoms with Crippen LogP contribution in [0.4, 0.5) is 10.1 Å². The molecule has 110 valence electrons. The molecule has 1 amide bonds. The first-order valence-corrected chi connectivity index (χ1v) is 6.86. The van der Waals surface area contributed by atoms with Crippen molar-refractivity contribution in [2.75, 3.05) is 12.4 Å². The van der Waals surface area contributed by atoms with Gasteiger partial charge in [-0.1, -0.05) is 18.2 Å². The van der Waals surface area contributed by atoms with E-state index < -0.39 is 0 Å². The molecular weight excluding hydrogens is 267 g/mol. The van der Waals surface area contributed by atoms with Gasteiger partial charge in [0, 0.05) is 24.3 Å². The van der Waals surface area contributed by atoms with Crippen molar-refractivity contribution in [3.63, 3.8) is 0 Å². The Labute approximate surface area is 124 Å². The molecule has 3 nitrogen and oxygen atoms in total. The van der Waals surface area contributed by atoms with Gasteiger partial charge in [0.1, 0.15) is 5.82 Å². The highest BCUT2D eigenvalue weighted by molar-refractivity contribution is 5.96. The van der Waals surface area contributed by atoms with Crippen molar-refractivity contribution in [3.05, 3.63) is 65.0 Å². The molecule has 0 saturated heterocycles. The third-order valence-corrected chi connectivity index (χ3v) is 3.55. The number of halogens is 1. The van der Waals surface area contributed by atoms with Crippen molar-refractivity contribution in [1.82, 2.24) is 5.32 Å². The number of amides is 1. The molecule has 0 aliphatic heterocycles. The predicted molar refractivity (Wildman–Crippen MR) is 83.0 cm³/mol. The van der Waals surface area contributed by atoms with Crippen LogP contribution in [0.2, 0.25) is 0 Å². The fourth-order valence-electron chi connectivity index (χ4n) is 2.24. The van der Waals surface area contributed by atoms with Crippen molar-refractivity contribution >= 4 is 11.6 Å². The van der Waals surface area contributed by atoms with Gasteiger partial charge in [0.05, 0.1) is 0 Å². The average molecular weight is 286 g/mol. The lowest BCUT2D eigenvalue weighted by molar-refractivity contribution is 0.0962. The normalized spacial score (nSPS) is 11.8. The number of carbonyl (C=O) groups is 1. The van der Waals surface area contributed by atoms with E-state index >= 15 is 0 Å². The van der Waals surface area contributed by atoms with E-state index in [0.29, 0.717) is 5.56 Å². The van der Waals surface area contributed by atoms with E-state index in [1.165, 1.54) is 12.1 Å². The SMILES string of the molecule is CNC(=O)c1cccc(NC(C)c2ccc(F)cc2)c1C. The quantitative estimate of drug-likeness (QED) is 0.900.